The molecule has 1 radical (unpaired) electrons. The SMILES string of the molecule is CCC(C)(C(=O)c1ccccc1)C(OC1CCc2ccccc21)=C1[CH]C1. The fraction of sp³-hybridized carbons (Fsp3) is 0.333. The van der Waals surface area contributed by atoms with Crippen molar-refractivity contribution in [3.8, 4) is 0 Å². The summed E-state index contributed by atoms with van der Waals surface area (Å²) in [6.45, 7) is 4.12. The van der Waals surface area contributed by atoms with Crippen LogP contribution in [-0.4, -0.2) is 5.78 Å². The van der Waals surface area contributed by atoms with E-state index < -0.39 is 5.41 Å². The molecule has 2 heteroatoms. The number of ether oxygens (including phenoxy) is 1. The third kappa shape index (κ3) is 2.98. The van der Waals surface area contributed by atoms with E-state index in [0.717, 1.165) is 37.0 Å². The first-order valence-electron chi connectivity index (χ1n) is 9.54. The van der Waals surface area contributed by atoms with Crippen molar-refractivity contribution in [2.24, 2.45) is 5.41 Å². The topological polar surface area (TPSA) is 26.3 Å². The molecule has 0 bridgehead atoms. The summed E-state index contributed by atoms with van der Waals surface area (Å²) < 4.78 is 6.59. The first kappa shape index (κ1) is 17.1. The molecule has 2 aliphatic rings. The standard InChI is InChI=1S/C24H25O2/c1-3-24(2,22(25)18-10-5-4-6-11-18)23(19-13-14-19)26-21-16-15-17-9-7-8-12-20(17)21/h4-13,21H,3,14-16H2,1-2H3. The van der Waals surface area contributed by atoms with Crippen LogP contribution in [0, 0.1) is 11.8 Å². The van der Waals surface area contributed by atoms with Gasteiger partial charge in [0, 0.05) is 5.56 Å². The van der Waals surface area contributed by atoms with Crippen molar-refractivity contribution in [2.45, 2.75) is 45.6 Å². The zero-order valence-electron chi connectivity index (χ0n) is 15.5. The molecule has 1 saturated carbocycles. The van der Waals surface area contributed by atoms with Crippen LogP contribution in [-0.2, 0) is 11.2 Å². The molecule has 1 fully saturated rings. The van der Waals surface area contributed by atoms with Gasteiger partial charge in [0.2, 0.25) is 0 Å². The molecule has 2 aromatic rings. The van der Waals surface area contributed by atoms with Gasteiger partial charge in [0.15, 0.2) is 5.78 Å². The van der Waals surface area contributed by atoms with Crippen LogP contribution in [0.15, 0.2) is 65.9 Å². The van der Waals surface area contributed by atoms with E-state index in [9.17, 15) is 4.79 Å². The van der Waals surface area contributed by atoms with Crippen molar-refractivity contribution >= 4 is 5.78 Å². The molecule has 0 spiro atoms. The molecule has 2 aliphatic carbocycles. The second-order valence-corrected chi connectivity index (χ2v) is 7.49. The average Bonchev–Trinajstić information content (AvgIpc) is 3.46. The summed E-state index contributed by atoms with van der Waals surface area (Å²) >= 11 is 0. The lowest BCUT2D eigenvalue weighted by Crippen LogP contribution is -2.31. The molecule has 0 heterocycles. The van der Waals surface area contributed by atoms with Gasteiger partial charge in [-0.25, -0.2) is 0 Å². The van der Waals surface area contributed by atoms with Crippen molar-refractivity contribution < 1.29 is 9.53 Å². The number of allylic oxidation sites excluding steroid dienone is 2. The number of rotatable bonds is 6. The van der Waals surface area contributed by atoms with Crippen LogP contribution in [0.3, 0.4) is 0 Å². The molecular formula is C24H25O2. The molecule has 133 valence electrons. The minimum atomic E-state index is -0.624. The van der Waals surface area contributed by atoms with Gasteiger partial charge in [-0.15, -0.1) is 0 Å². The Morgan fingerprint density at radius 3 is 2.50 bits per heavy atom. The molecule has 0 amide bonds. The molecular weight excluding hydrogens is 320 g/mol. The largest absolute Gasteiger partial charge is 0.489 e. The van der Waals surface area contributed by atoms with Crippen LogP contribution in [0.5, 0.6) is 0 Å². The molecule has 0 aliphatic heterocycles. The minimum absolute atomic E-state index is 0.0529. The van der Waals surface area contributed by atoms with Gasteiger partial charge in [-0.2, -0.15) is 0 Å². The highest BCUT2D eigenvalue weighted by atomic mass is 16.5. The summed E-state index contributed by atoms with van der Waals surface area (Å²) in [4.78, 5) is 13.4. The number of hydrogen-bond acceptors (Lipinski definition) is 2. The predicted octanol–water partition coefficient (Wildman–Crippen LogP) is 5.85. The van der Waals surface area contributed by atoms with Crippen LogP contribution in [0.4, 0.5) is 0 Å². The molecule has 0 aromatic heterocycles. The van der Waals surface area contributed by atoms with Gasteiger partial charge in [0.1, 0.15) is 11.9 Å². The maximum Gasteiger partial charge on any atom is 0.176 e. The number of hydrogen-bond donors (Lipinski definition) is 0. The fourth-order valence-electron chi connectivity index (χ4n) is 3.91. The lowest BCUT2D eigenvalue weighted by molar-refractivity contribution is 0.0509. The van der Waals surface area contributed by atoms with Gasteiger partial charge >= 0.3 is 0 Å². The Balaban J connectivity index is 1.66. The molecule has 0 N–H and O–H groups in total. The van der Waals surface area contributed by atoms with Crippen LogP contribution >= 0.6 is 0 Å². The van der Waals surface area contributed by atoms with Crippen LogP contribution in [0.1, 0.15) is 60.7 Å². The maximum absolute atomic E-state index is 13.4. The van der Waals surface area contributed by atoms with Crippen LogP contribution < -0.4 is 0 Å². The van der Waals surface area contributed by atoms with Gasteiger partial charge in [-0.3, -0.25) is 4.79 Å². The molecule has 0 saturated heterocycles. The van der Waals surface area contributed by atoms with Gasteiger partial charge < -0.3 is 4.74 Å². The molecule has 4 rings (SSSR count). The van der Waals surface area contributed by atoms with E-state index in [-0.39, 0.29) is 11.9 Å². The molecule has 2 aromatic carbocycles. The lowest BCUT2D eigenvalue weighted by Gasteiger charge is -2.32. The molecule has 2 atom stereocenters. The van der Waals surface area contributed by atoms with E-state index in [1.54, 1.807) is 0 Å². The zero-order chi connectivity index (χ0) is 18.1. The summed E-state index contributed by atoms with van der Waals surface area (Å²) in [5.41, 5.74) is 3.97. The maximum atomic E-state index is 13.4. The molecule has 2 nitrogen and oxygen atoms in total. The van der Waals surface area contributed by atoms with E-state index in [1.807, 2.05) is 37.3 Å². The number of benzene rings is 2. The van der Waals surface area contributed by atoms with E-state index >= 15 is 0 Å². The summed E-state index contributed by atoms with van der Waals surface area (Å²) in [5.74, 6) is 1.03. The Kier molecular flexibility index (Phi) is 4.44. The van der Waals surface area contributed by atoms with Crippen molar-refractivity contribution in [3.05, 3.63) is 89.0 Å². The highest BCUT2D eigenvalue weighted by Gasteiger charge is 2.43. The van der Waals surface area contributed by atoms with Crippen LogP contribution in [0.25, 0.3) is 0 Å². The number of fused-ring (bicyclic) bond motifs is 1. The fourth-order valence-corrected chi connectivity index (χ4v) is 3.91. The average molecular weight is 345 g/mol. The Bertz CT molecular complexity index is 844. The third-order valence-electron chi connectivity index (χ3n) is 5.78. The molecule has 2 unspecified atom stereocenters. The number of aryl methyl sites for hydroxylation is 1. The second kappa shape index (κ2) is 6.75. The van der Waals surface area contributed by atoms with E-state index in [2.05, 4.69) is 37.6 Å². The summed E-state index contributed by atoms with van der Waals surface area (Å²) in [6.07, 6.45) is 5.90. The Hall–Kier alpha value is -2.35. The monoisotopic (exact) mass is 345 g/mol. The normalized spacial score (nSPS) is 22.3. The number of carbonyl (C=O) groups is 1. The van der Waals surface area contributed by atoms with E-state index in [4.69, 9.17) is 4.74 Å². The highest BCUT2D eigenvalue weighted by Crippen LogP contribution is 2.47. The number of ketones is 1. The first-order valence-corrected chi connectivity index (χ1v) is 9.54. The minimum Gasteiger partial charge on any atom is -0.489 e. The van der Waals surface area contributed by atoms with E-state index in [0.29, 0.717) is 0 Å². The summed E-state index contributed by atoms with van der Waals surface area (Å²) in [6, 6.07) is 18.1. The van der Waals surface area contributed by atoms with Crippen molar-refractivity contribution in [1.82, 2.24) is 0 Å². The Labute approximate surface area is 155 Å². The highest BCUT2D eigenvalue weighted by molar-refractivity contribution is 6.02. The first-order chi connectivity index (χ1) is 12.6. The zero-order valence-corrected chi connectivity index (χ0v) is 15.5. The smallest absolute Gasteiger partial charge is 0.176 e. The van der Waals surface area contributed by atoms with Gasteiger partial charge in [0.25, 0.3) is 0 Å². The Morgan fingerprint density at radius 2 is 1.81 bits per heavy atom. The number of Topliss-reactive ketones (excluding diaryl/α,β-unsaturated/α-hetero) is 1. The quantitative estimate of drug-likeness (QED) is 0.485. The predicted molar refractivity (Wildman–Crippen MR) is 104 cm³/mol. The second-order valence-electron chi connectivity index (χ2n) is 7.49. The van der Waals surface area contributed by atoms with Crippen LogP contribution in [0.2, 0.25) is 0 Å². The van der Waals surface area contributed by atoms with Gasteiger partial charge in [-0.05, 0) is 55.7 Å². The summed E-state index contributed by atoms with van der Waals surface area (Å²) in [5, 5.41) is 0. The Morgan fingerprint density at radius 1 is 1.12 bits per heavy atom. The van der Waals surface area contributed by atoms with Crippen molar-refractivity contribution in [1.29, 1.82) is 0 Å². The third-order valence-corrected chi connectivity index (χ3v) is 5.78. The summed E-state index contributed by atoms with van der Waals surface area (Å²) in [7, 11) is 0. The lowest BCUT2D eigenvalue weighted by atomic mass is 9.77. The van der Waals surface area contributed by atoms with Gasteiger partial charge in [0.05, 0.1) is 5.41 Å². The van der Waals surface area contributed by atoms with Gasteiger partial charge in [-0.1, -0.05) is 61.5 Å². The van der Waals surface area contributed by atoms with Crippen molar-refractivity contribution in [2.75, 3.05) is 0 Å². The molecule has 26 heavy (non-hydrogen) atoms. The van der Waals surface area contributed by atoms with E-state index in [1.165, 1.54) is 16.7 Å². The van der Waals surface area contributed by atoms with Crippen molar-refractivity contribution in [3.63, 3.8) is 0 Å². The number of carbonyl (C=O) groups excluding carboxylic acids is 1.